The molecule has 6 nitrogen and oxygen atoms in total. The van der Waals surface area contributed by atoms with E-state index in [1.54, 1.807) is 0 Å². The number of hydrogen-bond donors (Lipinski definition) is 0. The van der Waals surface area contributed by atoms with Gasteiger partial charge in [0.15, 0.2) is 6.10 Å². The summed E-state index contributed by atoms with van der Waals surface area (Å²) in [6.07, 6.45) is 95.4. The van der Waals surface area contributed by atoms with Crippen LogP contribution < -0.4 is 0 Å². The molecule has 0 heterocycles. The average Bonchev–Trinajstić information content (AvgIpc) is 3.45. The molecule has 1 unspecified atom stereocenters. The molecule has 0 radical (unpaired) electrons. The maximum absolute atomic E-state index is 12.9. The fraction of sp³-hybridized carbons (Fsp3) is 0.603. The summed E-state index contributed by atoms with van der Waals surface area (Å²) in [6, 6.07) is 0. The summed E-state index contributed by atoms with van der Waals surface area (Å²) in [4.78, 5) is 38.3. The van der Waals surface area contributed by atoms with Gasteiger partial charge in [-0.25, -0.2) is 0 Å². The van der Waals surface area contributed by atoms with E-state index in [2.05, 4.69) is 179 Å². The Hall–Kier alpha value is -4.97. The highest BCUT2D eigenvalue weighted by Gasteiger charge is 2.19. The summed E-state index contributed by atoms with van der Waals surface area (Å²) in [5, 5.41) is 0. The molecule has 0 fully saturated rings. The molecular formula is C73H116O6. The first kappa shape index (κ1) is 74.0. The molecule has 444 valence electrons. The minimum atomic E-state index is -0.824. The molecule has 6 heteroatoms. The quantitative estimate of drug-likeness (QED) is 0.0261. The third kappa shape index (κ3) is 63.7. The molecule has 0 saturated carbocycles. The molecule has 0 aliphatic heterocycles. The number of unbranched alkanes of at least 4 members (excludes halogenated alkanes) is 19. The Bertz CT molecular complexity index is 1780. The van der Waals surface area contributed by atoms with Crippen LogP contribution in [-0.2, 0) is 28.6 Å². The van der Waals surface area contributed by atoms with E-state index >= 15 is 0 Å². The highest BCUT2D eigenvalue weighted by molar-refractivity contribution is 5.71. The zero-order valence-corrected chi connectivity index (χ0v) is 50.8. The van der Waals surface area contributed by atoms with E-state index in [1.165, 1.54) is 70.6 Å². The minimum absolute atomic E-state index is 0.113. The highest BCUT2D eigenvalue weighted by Crippen LogP contribution is 2.15. The fourth-order valence-electron chi connectivity index (χ4n) is 8.28. The van der Waals surface area contributed by atoms with E-state index in [0.29, 0.717) is 19.3 Å². The second-order valence-electron chi connectivity index (χ2n) is 20.5. The maximum atomic E-state index is 12.9. The predicted molar refractivity (Wildman–Crippen MR) is 343 cm³/mol. The van der Waals surface area contributed by atoms with Crippen molar-refractivity contribution in [2.45, 2.75) is 271 Å². The van der Waals surface area contributed by atoms with Gasteiger partial charge in [-0.15, -0.1) is 0 Å². The van der Waals surface area contributed by atoms with Crippen molar-refractivity contribution in [3.05, 3.63) is 158 Å². The summed E-state index contributed by atoms with van der Waals surface area (Å²) in [7, 11) is 0. The van der Waals surface area contributed by atoms with E-state index in [-0.39, 0.29) is 37.5 Å². The van der Waals surface area contributed by atoms with Crippen molar-refractivity contribution < 1.29 is 28.6 Å². The highest BCUT2D eigenvalue weighted by atomic mass is 16.6. The summed E-state index contributed by atoms with van der Waals surface area (Å²) >= 11 is 0. The van der Waals surface area contributed by atoms with Gasteiger partial charge in [0.2, 0.25) is 0 Å². The fourth-order valence-corrected chi connectivity index (χ4v) is 8.28. The molecule has 79 heavy (non-hydrogen) atoms. The molecular weight excluding hydrogens is 973 g/mol. The molecule has 0 aliphatic carbocycles. The molecule has 1 atom stereocenters. The maximum Gasteiger partial charge on any atom is 0.306 e. The van der Waals surface area contributed by atoms with Gasteiger partial charge < -0.3 is 14.2 Å². The zero-order valence-electron chi connectivity index (χ0n) is 50.8. The van der Waals surface area contributed by atoms with Crippen molar-refractivity contribution in [3.8, 4) is 0 Å². The molecule has 0 aliphatic rings. The number of carbonyl (C=O) groups excluding carboxylic acids is 3. The van der Waals surface area contributed by atoms with Gasteiger partial charge in [-0.2, -0.15) is 0 Å². The van der Waals surface area contributed by atoms with Crippen molar-refractivity contribution in [2.75, 3.05) is 13.2 Å². The Morgan fingerprint density at radius 1 is 0.266 bits per heavy atom. The van der Waals surface area contributed by atoms with E-state index in [0.717, 1.165) is 148 Å². The van der Waals surface area contributed by atoms with Crippen molar-refractivity contribution in [2.24, 2.45) is 0 Å². The van der Waals surface area contributed by atoms with E-state index in [9.17, 15) is 14.4 Å². The van der Waals surface area contributed by atoms with Crippen LogP contribution in [0, 0.1) is 0 Å². The monoisotopic (exact) mass is 1090 g/mol. The van der Waals surface area contributed by atoms with Crippen LogP contribution in [0.5, 0.6) is 0 Å². The van der Waals surface area contributed by atoms with E-state index < -0.39 is 6.10 Å². The SMILES string of the molecule is CC/C=C\C/C=C\C/C=C\C/C=C\C/C=C\C/C=C\C/C=C\CCCC(=O)OC(COC(=O)CCCCCCC/C=C\C/C=C\CCC)COC(=O)CCCCCCCCCCCCCC/C=C\C/C=C\C/C=C\C/C=C\CC. The van der Waals surface area contributed by atoms with Crippen LogP contribution in [0.25, 0.3) is 0 Å². The third-order valence-electron chi connectivity index (χ3n) is 13.0. The zero-order chi connectivity index (χ0) is 57.1. The molecule has 0 spiro atoms. The lowest BCUT2D eigenvalue weighted by Gasteiger charge is -2.18. The number of hydrogen-bond acceptors (Lipinski definition) is 6. The number of ether oxygens (including phenoxy) is 3. The molecule has 0 amide bonds. The van der Waals surface area contributed by atoms with Gasteiger partial charge in [0, 0.05) is 19.3 Å². The summed E-state index contributed by atoms with van der Waals surface area (Å²) in [5.41, 5.74) is 0. The van der Waals surface area contributed by atoms with Gasteiger partial charge in [-0.3, -0.25) is 14.4 Å². The first-order chi connectivity index (χ1) is 39.0. The molecule has 0 aromatic heterocycles. The molecule has 0 aromatic rings. The van der Waals surface area contributed by atoms with Gasteiger partial charge in [-0.1, -0.05) is 269 Å². The van der Waals surface area contributed by atoms with Crippen molar-refractivity contribution in [1.29, 1.82) is 0 Å². The first-order valence-corrected chi connectivity index (χ1v) is 32.0. The minimum Gasteiger partial charge on any atom is -0.462 e. The van der Waals surface area contributed by atoms with Crippen LogP contribution >= 0.6 is 0 Å². The van der Waals surface area contributed by atoms with Crippen LogP contribution in [0.15, 0.2) is 158 Å². The van der Waals surface area contributed by atoms with Gasteiger partial charge in [0.05, 0.1) is 0 Å². The summed E-state index contributed by atoms with van der Waals surface area (Å²) in [6.45, 7) is 6.29. The second-order valence-corrected chi connectivity index (χ2v) is 20.5. The third-order valence-corrected chi connectivity index (χ3v) is 13.0. The lowest BCUT2D eigenvalue weighted by molar-refractivity contribution is -0.167. The van der Waals surface area contributed by atoms with Crippen molar-refractivity contribution in [3.63, 3.8) is 0 Å². The molecule has 0 bridgehead atoms. The Morgan fingerprint density at radius 3 is 0.810 bits per heavy atom. The second kappa shape index (κ2) is 65.5. The Labute approximate surface area is 486 Å². The van der Waals surface area contributed by atoms with Gasteiger partial charge in [0.1, 0.15) is 13.2 Å². The Morgan fingerprint density at radius 2 is 0.506 bits per heavy atom. The van der Waals surface area contributed by atoms with Crippen LogP contribution in [0.3, 0.4) is 0 Å². The van der Waals surface area contributed by atoms with Crippen LogP contribution in [0.2, 0.25) is 0 Å². The number of carbonyl (C=O) groups is 3. The molecule has 0 aromatic carbocycles. The number of esters is 3. The molecule has 0 N–H and O–H groups in total. The van der Waals surface area contributed by atoms with Crippen LogP contribution in [-0.4, -0.2) is 37.2 Å². The lowest BCUT2D eigenvalue weighted by atomic mass is 10.0. The van der Waals surface area contributed by atoms with Crippen LogP contribution in [0.4, 0.5) is 0 Å². The van der Waals surface area contributed by atoms with Crippen molar-refractivity contribution >= 4 is 17.9 Å². The first-order valence-electron chi connectivity index (χ1n) is 32.0. The topological polar surface area (TPSA) is 78.9 Å². The Balaban J connectivity index is 4.45. The van der Waals surface area contributed by atoms with Crippen molar-refractivity contribution in [1.82, 2.24) is 0 Å². The Kier molecular flexibility index (Phi) is 61.4. The molecule has 0 saturated heterocycles. The average molecular weight is 1090 g/mol. The normalized spacial score (nSPS) is 13.2. The smallest absolute Gasteiger partial charge is 0.306 e. The predicted octanol–water partition coefficient (Wildman–Crippen LogP) is 22.1. The van der Waals surface area contributed by atoms with Gasteiger partial charge >= 0.3 is 17.9 Å². The standard InChI is InChI=1S/C73H116O6/c1-4-7-10-13-16-19-22-25-27-29-31-33-35-36-38-39-41-43-45-48-51-54-57-60-63-66-72(75)78-69-70(68-77-71(74)65-62-59-56-53-50-47-24-21-18-15-12-9-6-3)79-73(76)67-64-61-58-55-52-49-46-44-42-40-37-34-32-30-28-26-23-20-17-14-11-8-5-2/h7-8,10-12,15-17,19-21,24-28,31-34,40,42,46,49,55,58,70H,4-6,9,13-14,18,22-23,29-30,35-39,41,43-45,47-48,50-54,56-57,59-69H2,1-3H3/b10-7-,11-8-,15-12-,19-16-,20-17-,24-21-,27-25-,28-26-,33-31-,34-32-,42-40-,49-46-,58-55-. The van der Waals surface area contributed by atoms with Crippen LogP contribution in [0.1, 0.15) is 265 Å². The largest absolute Gasteiger partial charge is 0.462 e. The van der Waals surface area contributed by atoms with Gasteiger partial charge in [0.25, 0.3) is 0 Å². The van der Waals surface area contributed by atoms with Gasteiger partial charge in [-0.05, 0) is 135 Å². The number of rotatable bonds is 56. The number of allylic oxidation sites excluding steroid dienone is 26. The van der Waals surface area contributed by atoms with E-state index in [1.807, 2.05) is 0 Å². The lowest BCUT2D eigenvalue weighted by Crippen LogP contribution is -2.30. The summed E-state index contributed by atoms with van der Waals surface area (Å²) < 4.78 is 16.9. The van der Waals surface area contributed by atoms with E-state index in [4.69, 9.17) is 14.2 Å². The summed E-state index contributed by atoms with van der Waals surface area (Å²) in [5.74, 6) is -0.992. The molecule has 0 rings (SSSR count).